The van der Waals surface area contributed by atoms with Crippen LogP contribution >= 0.6 is 15.9 Å². The van der Waals surface area contributed by atoms with Gasteiger partial charge in [0, 0.05) is 49.1 Å². The summed E-state index contributed by atoms with van der Waals surface area (Å²) in [7, 11) is 0. The van der Waals surface area contributed by atoms with Gasteiger partial charge in [-0.1, -0.05) is 0 Å². The van der Waals surface area contributed by atoms with Crippen LogP contribution in [0.5, 0.6) is 0 Å². The molecule has 124 valence electrons. The molecule has 1 saturated heterocycles. The third kappa shape index (κ3) is 3.51. The second-order valence-electron chi connectivity index (χ2n) is 5.30. The molecular formula is C15H14BrN5O3. The van der Waals surface area contributed by atoms with Crippen LogP contribution in [0.3, 0.4) is 0 Å². The zero-order valence-corrected chi connectivity index (χ0v) is 14.2. The Bertz CT molecular complexity index is 760. The number of rotatable bonds is 3. The number of pyridine rings is 2. The number of halogens is 1. The zero-order chi connectivity index (χ0) is 17.1. The number of carbonyl (C=O) groups excluding carboxylic acids is 1. The third-order valence-corrected chi connectivity index (χ3v) is 4.22. The van der Waals surface area contributed by atoms with Gasteiger partial charge in [0.05, 0.1) is 10.5 Å². The van der Waals surface area contributed by atoms with E-state index >= 15 is 0 Å². The Morgan fingerprint density at radius 1 is 1.17 bits per heavy atom. The Labute approximate surface area is 146 Å². The second-order valence-corrected chi connectivity index (χ2v) is 6.22. The summed E-state index contributed by atoms with van der Waals surface area (Å²) >= 11 is 3.31. The number of amides is 1. The van der Waals surface area contributed by atoms with Gasteiger partial charge in [0.25, 0.3) is 11.6 Å². The molecule has 3 rings (SSSR count). The van der Waals surface area contributed by atoms with Crippen LogP contribution in [0.4, 0.5) is 11.5 Å². The highest BCUT2D eigenvalue weighted by atomic mass is 79.9. The van der Waals surface area contributed by atoms with Crippen molar-refractivity contribution >= 4 is 33.3 Å². The molecule has 24 heavy (non-hydrogen) atoms. The standard InChI is InChI=1S/C15H14BrN5O3/c16-12-7-11(8-17-9-12)15(22)20-5-3-19(4-6-20)14-2-1-13(10-18-14)21(23)24/h1-2,7-10H,3-6H2. The van der Waals surface area contributed by atoms with Gasteiger partial charge in [0.2, 0.25) is 0 Å². The smallest absolute Gasteiger partial charge is 0.287 e. The summed E-state index contributed by atoms with van der Waals surface area (Å²) in [6, 6.07) is 4.82. The largest absolute Gasteiger partial charge is 0.353 e. The molecule has 8 nitrogen and oxygen atoms in total. The van der Waals surface area contributed by atoms with E-state index in [4.69, 9.17) is 0 Å². The highest BCUT2D eigenvalue weighted by Gasteiger charge is 2.23. The predicted octanol–water partition coefficient (Wildman–Crippen LogP) is 2.11. The summed E-state index contributed by atoms with van der Waals surface area (Å²) in [4.78, 5) is 34.6. The Balaban J connectivity index is 1.63. The number of piperazine rings is 1. The number of hydrogen-bond donors (Lipinski definition) is 0. The maximum Gasteiger partial charge on any atom is 0.287 e. The van der Waals surface area contributed by atoms with Crippen molar-refractivity contribution in [3.05, 3.63) is 56.9 Å². The highest BCUT2D eigenvalue weighted by Crippen LogP contribution is 2.18. The fraction of sp³-hybridized carbons (Fsp3) is 0.267. The quantitative estimate of drug-likeness (QED) is 0.587. The van der Waals surface area contributed by atoms with Crippen LogP contribution in [0.2, 0.25) is 0 Å². The van der Waals surface area contributed by atoms with E-state index in [1.54, 1.807) is 29.4 Å². The third-order valence-electron chi connectivity index (χ3n) is 3.79. The van der Waals surface area contributed by atoms with Crippen molar-refractivity contribution in [3.63, 3.8) is 0 Å². The highest BCUT2D eigenvalue weighted by molar-refractivity contribution is 9.10. The maximum atomic E-state index is 12.5. The lowest BCUT2D eigenvalue weighted by Gasteiger charge is -2.35. The van der Waals surface area contributed by atoms with Crippen molar-refractivity contribution in [3.8, 4) is 0 Å². The van der Waals surface area contributed by atoms with E-state index in [9.17, 15) is 14.9 Å². The molecule has 9 heteroatoms. The van der Waals surface area contributed by atoms with Crippen molar-refractivity contribution < 1.29 is 9.72 Å². The monoisotopic (exact) mass is 391 g/mol. The van der Waals surface area contributed by atoms with Gasteiger partial charge in [-0.15, -0.1) is 0 Å². The maximum absolute atomic E-state index is 12.5. The minimum absolute atomic E-state index is 0.0327. The fourth-order valence-corrected chi connectivity index (χ4v) is 2.89. The van der Waals surface area contributed by atoms with E-state index in [-0.39, 0.29) is 11.6 Å². The molecule has 0 aliphatic carbocycles. The van der Waals surface area contributed by atoms with E-state index in [2.05, 4.69) is 25.9 Å². The van der Waals surface area contributed by atoms with Gasteiger partial charge < -0.3 is 9.80 Å². The van der Waals surface area contributed by atoms with Gasteiger partial charge in [-0.3, -0.25) is 19.9 Å². The van der Waals surface area contributed by atoms with Crippen LogP contribution < -0.4 is 4.90 Å². The summed E-state index contributed by atoms with van der Waals surface area (Å²) in [5.41, 5.74) is 0.515. The van der Waals surface area contributed by atoms with Crippen LogP contribution in [0, 0.1) is 10.1 Å². The normalized spacial score (nSPS) is 14.5. The van der Waals surface area contributed by atoms with Crippen molar-refractivity contribution in [2.24, 2.45) is 0 Å². The predicted molar refractivity (Wildman–Crippen MR) is 90.9 cm³/mol. The first kappa shape index (κ1) is 16.3. The lowest BCUT2D eigenvalue weighted by Crippen LogP contribution is -2.49. The van der Waals surface area contributed by atoms with Gasteiger partial charge in [-0.25, -0.2) is 4.98 Å². The van der Waals surface area contributed by atoms with Gasteiger partial charge >= 0.3 is 0 Å². The summed E-state index contributed by atoms with van der Waals surface area (Å²) < 4.78 is 0.766. The molecule has 0 N–H and O–H groups in total. The molecule has 0 atom stereocenters. The molecule has 0 aromatic carbocycles. The molecule has 0 radical (unpaired) electrons. The second kappa shape index (κ2) is 6.91. The van der Waals surface area contributed by atoms with Gasteiger partial charge in [0.1, 0.15) is 12.0 Å². The van der Waals surface area contributed by atoms with Gasteiger partial charge in [-0.2, -0.15) is 0 Å². The molecule has 3 heterocycles. The van der Waals surface area contributed by atoms with Crippen molar-refractivity contribution in [1.82, 2.24) is 14.9 Å². The lowest BCUT2D eigenvalue weighted by molar-refractivity contribution is -0.385. The molecule has 0 saturated carbocycles. The minimum atomic E-state index is -0.473. The molecular weight excluding hydrogens is 378 g/mol. The fourth-order valence-electron chi connectivity index (χ4n) is 2.52. The average Bonchev–Trinajstić information content (AvgIpc) is 2.61. The number of hydrogen-bond acceptors (Lipinski definition) is 6. The van der Waals surface area contributed by atoms with E-state index in [0.717, 1.165) is 4.47 Å². The molecule has 1 aliphatic rings. The Morgan fingerprint density at radius 3 is 2.50 bits per heavy atom. The summed E-state index contributed by atoms with van der Waals surface area (Å²) in [5.74, 6) is 0.622. The van der Waals surface area contributed by atoms with Crippen LogP contribution in [0.25, 0.3) is 0 Å². The number of anilines is 1. The molecule has 2 aromatic heterocycles. The summed E-state index contributed by atoms with van der Waals surface area (Å²) in [6.07, 6.45) is 4.44. The van der Waals surface area contributed by atoms with Crippen molar-refractivity contribution in [2.75, 3.05) is 31.1 Å². The molecule has 1 fully saturated rings. The van der Waals surface area contributed by atoms with E-state index in [1.807, 2.05) is 4.90 Å². The molecule has 1 aliphatic heterocycles. The van der Waals surface area contributed by atoms with Crippen molar-refractivity contribution in [2.45, 2.75) is 0 Å². The van der Waals surface area contributed by atoms with Crippen molar-refractivity contribution in [1.29, 1.82) is 0 Å². The molecule has 0 spiro atoms. The van der Waals surface area contributed by atoms with E-state index in [0.29, 0.717) is 37.6 Å². The van der Waals surface area contributed by atoms with Crippen LogP contribution in [0.1, 0.15) is 10.4 Å². The first-order chi connectivity index (χ1) is 11.5. The summed E-state index contributed by atoms with van der Waals surface area (Å²) in [5, 5.41) is 10.7. The number of nitro groups is 1. The zero-order valence-electron chi connectivity index (χ0n) is 12.6. The van der Waals surface area contributed by atoms with Crippen LogP contribution in [-0.4, -0.2) is 51.9 Å². The van der Waals surface area contributed by atoms with E-state index < -0.39 is 4.92 Å². The Morgan fingerprint density at radius 2 is 1.92 bits per heavy atom. The Kier molecular flexibility index (Phi) is 4.70. The first-order valence-corrected chi connectivity index (χ1v) is 8.09. The lowest BCUT2D eigenvalue weighted by atomic mass is 10.2. The molecule has 2 aromatic rings. The van der Waals surface area contributed by atoms with Gasteiger partial charge in [0.15, 0.2) is 0 Å². The average molecular weight is 392 g/mol. The number of aromatic nitrogens is 2. The number of nitrogens with zero attached hydrogens (tertiary/aromatic N) is 5. The SMILES string of the molecule is O=C(c1cncc(Br)c1)N1CCN(c2ccc([N+](=O)[O-])cn2)CC1. The first-order valence-electron chi connectivity index (χ1n) is 7.30. The Hall–Kier alpha value is -2.55. The van der Waals surface area contributed by atoms with Crippen LogP contribution in [-0.2, 0) is 0 Å². The number of carbonyl (C=O) groups is 1. The molecule has 0 bridgehead atoms. The van der Waals surface area contributed by atoms with Crippen LogP contribution in [0.15, 0.2) is 41.3 Å². The van der Waals surface area contributed by atoms with Gasteiger partial charge in [-0.05, 0) is 28.1 Å². The minimum Gasteiger partial charge on any atom is -0.353 e. The van der Waals surface area contributed by atoms with E-state index in [1.165, 1.54) is 12.3 Å². The summed E-state index contributed by atoms with van der Waals surface area (Å²) in [6.45, 7) is 2.37. The molecule has 1 amide bonds. The molecule has 0 unspecified atom stereocenters. The topological polar surface area (TPSA) is 92.5 Å².